The molecule has 7 nitrogen and oxygen atoms in total. The second-order valence-corrected chi connectivity index (χ2v) is 6.02. The van der Waals surface area contributed by atoms with Gasteiger partial charge in [0.15, 0.2) is 5.11 Å². The van der Waals surface area contributed by atoms with E-state index in [4.69, 9.17) is 12.2 Å². The smallest absolute Gasteiger partial charge is 0.330 e. The molecule has 0 bridgehead atoms. The zero-order chi connectivity index (χ0) is 20.1. The summed E-state index contributed by atoms with van der Waals surface area (Å²) in [7, 11) is 0. The number of carbonyl (C=O) groups is 3. The number of anilines is 2. The molecule has 1 aromatic carbocycles. The van der Waals surface area contributed by atoms with E-state index in [0.717, 1.165) is 31.4 Å². The maximum absolute atomic E-state index is 11.9. The molecule has 2 amide bonds. The number of nitrogens with one attached hydrogen (secondary N) is 3. The lowest BCUT2D eigenvalue weighted by Crippen LogP contribution is -2.33. The van der Waals surface area contributed by atoms with E-state index in [9.17, 15) is 14.4 Å². The Labute approximate surface area is 164 Å². The minimum absolute atomic E-state index is 0.0411. The number of ether oxygens (including phenoxy) is 1. The maximum Gasteiger partial charge on any atom is 0.330 e. The average Bonchev–Trinajstić information content (AvgIpc) is 2.60. The van der Waals surface area contributed by atoms with Crippen LogP contribution in [0.15, 0.2) is 36.4 Å². The minimum atomic E-state index is -0.603. The summed E-state index contributed by atoms with van der Waals surface area (Å²) in [5.41, 5.74) is 1.25. The predicted octanol–water partition coefficient (Wildman–Crippen LogP) is 3.14. The Kier molecular flexibility index (Phi) is 10.4. The Balaban J connectivity index is 2.51. The Morgan fingerprint density at radius 1 is 1.07 bits per heavy atom. The molecule has 0 saturated carbocycles. The van der Waals surface area contributed by atoms with Gasteiger partial charge in [0.25, 0.3) is 0 Å². The van der Waals surface area contributed by atoms with Crippen LogP contribution in [0.3, 0.4) is 0 Å². The molecule has 1 rings (SSSR count). The Bertz CT molecular complexity index is 704. The molecule has 0 heterocycles. The first-order chi connectivity index (χ1) is 12.9. The van der Waals surface area contributed by atoms with Crippen molar-refractivity contribution in [1.29, 1.82) is 0 Å². The predicted molar refractivity (Wildman–Crippen MR) is 109 cm³/mol. The van der Waals surface area contributed by atoms with Crippen molar-refractivity contribution in [2.75, 3.05) is 17.2 Å². The van der Waals surface area contributed by atoms with Crippen LogP contribution in [0.2, 0.25) is 0 Å². The van der Waals surface area contributed by atoms with Crippen molar-refractivity contribution in [2.24, 2.45) is 0 Å². The summed E-state index contributed by atoms with van der Waals surface area (Å²) in [6.07, 6.45) is 5.48. The van der Waals surface area contributed by atoms with E-state index >= 15 is 0 Å². The van der Waals surface area contributed by atoms with Gasteiger partial charge in [-0.2, -0.15) is 0 Å². The van der Waals surface area contributed by atoms with Gasteiger partial charge in [-0.25, -0.2) is 4.79 Å². The normalized spacial score (nSPS) is 10.3. The second-order valence-electron chi connectivity index (χ2n) is 5.61. The number of thiocarbonyl (C=S) groups is 1. The number of amides is 2. The summed E-state index contributed by atoms with van der Waals surface area (Å²) >= 11 is 5.06. The van der Waals surface area contributed by atoms with Crippen molar-refractivity contribution in [3.63, 3.8) is 0 Å². The lowest BCUT2D eigenvalue weighted by molar-refractivity contribution is -0.137. The quantitative estimate of drug-likeness (QED) is 0.259. The molecule has 0 unspecified atom stereocenters. The highest BCUT2D eigenvalue weighted by molar-refractivity contribution is 7.80. The molecule has 3 N–H and O–H groups in total. The summed E-state index contributed by atoms with van der Waals surface area (Å²) in [6.45, 7) is 3.99. The molecule has 8 heteroatoms. The fraction of sp³-hybridized carbons (Fsp3) is 0.368. The van der Waals surface area contributed by atoms with Gasteiger partial charge in [-0.05, 0) is 43.8 Å². The van der Waals surface area contributed by atoms with Crippen LogP contribution in [0.1, 0.15) is 39.5 Å². The topological polar surface area (TPSA) is 96.5 Å². The lowest BCUT2D eigenvalue weighted by atomic mass is 10.2. The summed E-state index contributed by atoms with van der Waals surface area (Å²) < 4.78 is 4.68. The molecule has 0 spiro atoms. The van der Waals surface area contributed by atoms with Crippen LogP contribution in [0.4, 0.5) is 11.4 Å². The summed E-state index contributed by atoms with van der Waals surface area (Å²) in [4.78, 5) is 34.7. The van der Waals surface area contributed by atoms with E-state index < -0.39 is 11.9 Å². The number of hydrogen-bond donors (Lipinski definition) is 3. The fourth-order valence-electron chi connectivity index (χ4n) is 2.08. The molecule has 27 heavy (non-hydrogen) atoms. The Hall–Kier alpha value is -2.74. The van der Waals surface area contributed by atoms with Gasteiger partial charge >= 0.3 is 5.97 Å². The van der Waals surface area contributed by atoms with Gasteiger partial charge in [0.2, 0.25) is 11.8 Å². The van der Waals surface area contributed by atoms with Crippen LogP contribution in [0.25, 0.3) is 0 Å². The third-order valence-corrected chi connectivity index (χ3v) is 3.51. The first kappa shape index (κ1) is 22.3. The highest BCUT2D eigenvalue weighted by Gasteiger charge is 2.05. The number of hydrogen-bond acceptors (Lipinski definition) is 5. The van der Waals surface area contributed by atoms with Gasteiger partial charge in [0.05, 0.1) is 6.61 Å². The van der Waals surface area contributed by atoms with Gasteiger partial charge in [-0.1, -0.05) is 25.8 Å². The number of esters is 1. The maximum atomic E-state index is 11.9. The number of benzene rings is 1. The minimum Gasteiger partial charge on any atom is -0.463 e. The van der Waals surface area contributed by atoms with Crippen molar-refractivity contribution in [3.05, 3.63) is 36.4 Å². The molecular formula is C19H25N3O4S. The molecule has 0 aromatic heterocycles. The first-order valence-electron chi connectivity index (χ1n) is 8.81. The van der Waals surface area contributed by atoms with Gasteiger partial charge in [0, 0.05) is 29.9 Å². The molecule has 0 radical (unpaired) electrons. The number of unbranched alkanes of at least 4 members (excludes halogenated alkanes) is 2. The zero-order valence-electron chi connectivity index (χ0n) is 15.5. The van der Waals surface area contributed by atoms with Crippen molar-refractivity contribution in [2.45, 2.75) is 39.5 Å². The monoisotopic (exact) mass is 391 g/mol. The van der Waals surface area contributed by atoms with Crippen LogP contribution in [0.5, 0.6) is 0 Å². The van der Waals surface area contributed by atoms with Gasteiger partial charge in [-0.15, -0.1) is 0 Å². The van der Waals surface area contributed by atoms with Crippen molar-refractivity contribution >= 4 is 46.5 Å². The van der Waals surface area contributed by atoms with E-state index in [1.54, 1.807) is 31.2 Å². The van der Waals surface area contributed by atoms with Crippen molar-refractivity contribution < 1.29 is 19.1 Å². The molecular weight excluding hydrogens is 366 g/mol. The van der Waals surface area contributed by atoms with Crippen LogP contribution in [-0.2, 0) is 19.1 Å². The van der Waals surface area contributed by atoms with Gasteiger partial charge in [-0.3, -0.25) is 14.9 Å². The molecule has 0 aliphatic heterocycles. The second kappa shape index (κ2) is 12.6. The van der Waals surface area contributed by atoms with Crippen LogP contribution < -0.4 is 16.0 Å². The molecule has 0 aliphatic rings. The number of rotatable bonds is 9. The molecule has 0 aliphatic carbocycles. The van der Waals surface area contributed by atoms with Gasteiger partial charge < -0.3 is 15.4 Å². The zero-order valence-corrected chi connectivity index (χ0v) is 16.4. The van der Waals surface area contributed by atoms with Crippen molar-refractivity contribution in [1.82, 2.24) is 5.32 Å². The highest BCUT2D eigenvalue weighted by atomic mass is 32.1. The van der Waals surface area contributed by atoms with Gasteiger partial charge in [0.1, 0.15) is 0 Å². The largest absolute Gasteiger partial charge is 0.463 e. The van der Waals surface area contributed by atoms with Crippen LogP contribution in [-0.4, -0.2) is 29.5 Å². The SMILES string of the molecule is CCCCCC(=O)Nc1cccc(NC(=S)NC(=O)/C=C/C(=O)OCC)c1. The molecule has 1 aromatic rings. The van der Waals surface area contributed by atoms with E-state index in [2.05, 4.69) is 27.6 Å². The van der Waals surface area contributed by atoms with E-state index in [-0.39, 0.29) is 17.6 Å². The molecule has 0 fully saturated rings. The summed E-state index contributed by atoms with van der Waals surface area (Å²) in [5, 5.41) is 8.17. The lowest BCUT2D eigenvalue weighted by Gasteiger charge is -2.10. The highest BCUT2D eigenvalue weighted by Crippen LogP contribution is 2.15. The third kappa shape index (κ3) is 10.1. The average molecular weight is 391 g/mol. The first-order valence-corrected chi connectivity index (χ1v) is 9.22. The van der Waals surface area contributed by atoms with Crippen molar-refractivity contribution in [3.8, 4) is 0 Å². The van der Waals surface area contributed by atoms with E-state index in [1.807, 2.05) is 0 Å². The fourth-order valence-corrected chi connectivity index (χ4v) is 2.30. The number of carbonyl (C=O) groups excluding carboxylic acids is 3. The van der Waals surface area contributed by atoms with E-state index in [1.165, 1.54) is 0 Å². The summed E-state index contributed by atoms with van der Waals surface area (Å²) in [6, 6.07) is 6.99. The Morgan fingerprint density at radius 2 is 1.78 bits per heavy atom. The van der Waals surface area contributed by atoms with Crippen LogP contribution in [0, 0.1) is 0 Å². The third-order valence-electron chi connectivity index (χ3n) is 3.31. The standard InChI is InChI=1S/C19H25N3O4S/c1-3-5-6-10-16(23)20-14-8-7-9-15(13-14)21-19(27)22-17(24)11-12-18(25)26-4-2/h7-9,11-13H,3-6,10H2,1-2H3,(H,20,23)(H2,21,22,24,27)/b12-11+. The summed E-state index contributed by atoms with van der Waals surface area (Å²) in [5.74, 6) is -1.20. The molecule has 0 atom stereocenters. The van der Waals surface area contributed by atoms with E-state index in [0.29, 0.717) is 17.8 Å². The molecule has 0 saturated heterocycles. The Morgan fingerprint density at radius 3 is 2.44 bits per heavy atom. The van der Waals surface area contributed by atoms with Crippen LogP contribution >= 0.6 is 12.2 Å². The molecule has 146 valence electrons.